The topological polar surface area (TPSA) is 76.0 Å². The van der Waals surface area contributed by atoms with Crippen molar-refractivity contribution in [3.8, 4) is 0 Å². The van der Waals surface area contributed by atoms with E-state index >= 15 is 0 Å². The molecule has 2 aromatic carbocycles. The van der Waals surface area contributed by atoms with E-state index in [2.05, 4.69) is 22.5 Å². The largest absolute Gasteiger partial charge is 0.385 e. The van der Waals surface area contributed by atoms with Crippen LogP contribution in [0.1, 0.15) is 37.4 Å². The van der Waals surface area contributed by atoms with Gasteiger partial charge in [0.15, 0.2) is 0 Å². The maximum Gasteiger partial charge on any atom is 0.251 e. The Morgan fingerprint density at radius 1 is 1.19 bits per heavy atom. The van der Waals surface area contributed by atoms with Crippen LogP contribution in [0.4, 0.5) is 11.4 Å². The van der Waals surface area contributed by atoms with E-state index in [1.54, 1.807) is 12.5 Å². The number of amides is 1. The van der Waals surface area contributed by atoms with E-state index in [1.807, 2.05) is 59.2 Å². The van der Waals surface area contributed by atoms with Crippen molar-refractivity contribution < 1.29 is 9.00 Å². The van der Waals surface area contributed by atoms with E-state index in [0.29, 0.717) is 17.9 Å². The van der Waals surface area contributed by atoms with Crippen LogP contribution in [-0.2, 0) is 27.9 Å². The van der Waals surface area contributed by atoms with E-state index in [1.165, 1.54) is 0 Å². The molecule has 0 saturated heterocycles. The maximum absolute atomic E-state index is 12.9. The number of rotatable bonds is 7. The normalized spacial score (nSPS) is 14.3. The molecule has 0 fully saturated rings. The van der Waals surface area contributed by atoms with E-state index in [-0.39, 0.29) is 5.91 Å². The van der Waals surface area contributed by atoms with Crippen LogP contribution in [-0.4, -0.2) is 26.2 Å². The van der Waals surface area contributed by atoms with Crippen LogP contribution < -0.4 is 10.6 Å². The number of carbonyl (C=O) groups excluding carboxylic acids is 1. The monoisotopic (exact) mass is 448 g/mol. The lowest BCUT2D eigenvalue weighted by molar-refractivity contribution is -0.112. The van der Waals surface area contributed by atoms with Crippen molar-refractivity contribution in [2.45, 2.75) is 43.4 Å². The molecule has 6 nitrogen and oxygen atoms in total. The van der Waals surface area contributed by atoms with Crippen molar-refractivity contribution in [3.63, 3.8) is 0 Å². The lowest BCUT2D eigenvalue weighted by Crippen LogP contribution is -2.17. The third kappa shape index (κ3) is 5.34. The molecule has 3 aromatic rings. The molecule has 1 atom stereocenters. The van der Waals surface area contributed by atoms with Gasteiger partial charge in [0.05, 0.1) is 28.6 Å². The van der Waals surface area contributed by atoms with E-state index < -0.39 is 10.8 Å². The number of imidazole rings is 1. The van der Waals surface area contributed by atoms with Crippen LogP contribution in [0.25, 0.3) is 6.08 Å². The molecule has 0 spiro atoms. The average Bonchev–Trinajstić information content (AvgIpc) is 3.21. The third-order valence-electron chi connectivity index (χ3n) is 5.44. The summed E-state index contributed by atoms with van der Waals surface area (Å²) in [6, 6.07) is 15.3. The lowest BCUT2D eigenvalue weighted by Gasteiger charge is -2.16. The number of fused-ring (bicyclic) bond motifs is 1. The van der Waals surface area contributed by atoms with Gasteiger partial charge in [-0.25, -0.2) is 4.98 Å². The Hall–Kier alpha value is -3.19. The molecule has 4 rings (SSSR count). The molecule has 1 aliphatic heterocycles. The summed E-state index contributed by atoms with van der Waals surface area (Å²) in [6.45, 7) is 3.81. The molecule has 1 unspecified atom stereocenters. The summed E-state index contributed by atoms with van der Waals surface area (Å²) in [5.41, 5.74) is 4.49. The zero-order chi connectivity index (χ0) is 22.3. The van der Waals surface area contributed by atoms with Crippen LogP contribution in [0.2, 0.25) is 0 Å². The highest BCUT2D eigenvalue weighted by Gasteiger charge is 2.14. The van der Waals surface area contributed by atoms with E-state index in [4.69, 9.17) is 0 Å². The Bertz CT molecular complexity index is 1130. The molecule has 1 aromatic heterocycles. The minimum absolute atomic E-state index is 0.0981. The Kier molecular flexibility index (Phi) is 7.17. The molecule has 7 heteroatoms. The summed E-state index contributed by atoms with van der Waals surface area (Å²) in [5, 5.41) is 6.39. The van der Waals surface area contributed by atoms with Crippen LogP contribution in [0.5, 0.6) is 0 Å². The van der Waals surface area contributed by atoms with Gasteiger partial charge in [0, 0.05) is 41.1 Å². The fraction of sp³-hybridized carbons (Fsp3) is 0.280. The highest BCUT2D eigenvalue weighted by Crippen LogP contribution is 2.24. The van der Waals surface area contributed by atoms with Gasteiger partial charge in [0.2, 0.25) is 0 Å². The van der Waals surface area contributed by atoms with Crippen LogP contribution in [0.3, 0.4) is 0 Å². The molecule has 0 radical (unpaired) electrons. The number of nitrogens with zero attached hydrogens (tertiary/aromatic N) is 2. The maximum atomic E-state index is 12.9. The summed E-state index contributed by atoms with van der Waals surface area (Å²) in [6.07, 6.45) is 8.12. The van der Waals surface area contributed by atoms with Crippen LogP contribution in [0.15, 0.2) is 71.5 Å². The summed E-state index contributed by atoms with van der Waals surface area (Å²) < 4.78 is 14.8. The Morgan fingerprint density at radius 3 is 2.81 bits per heavy atom. The first-order valence-corrected chi connectivity index (χ1v) is 12.3. The molecule has 2 heterocycles. The quantitative estimate of drug-likeness (QED) is 0.543. The number of aromatic nitrogens is 2. The van der Waals surface area contributed by atoms with Crippen LogP contribution >= 0.6 is 0 Å². The van der Waals surface area contributed by atoms with Crippen molar-refractivity contribution in [1.29, 1.82) is 0 Å². The summed E-state index contributed by atoms with van der Waals surface area (Å²) >= 11 is 0. The molecule has 0 bridgehead atoms. The van der Waals surface area contributed by atoms with Gasteiger partial charge in [-0.15, -0.1) is 0 Å². The van der Waals surface area contributed by atoms with Gasteiger partial charge in [-0.2, -0.15) is 0 Å². The Balaban J connectivity index is 1.43. The number of carbonyl (C=O) groups is 1. The highest BCUT2D eigenvalue weighted by atomic mass is 32.2. The first kappa shape index (κ1) is 22.0. The van der Waals surface area contributed by atoms with Gasteiger partial charge in [-0.1, -0.05) is 25.1 Å². The lowest BCUT2D eigenvalue weighted by atomic mass is 10.0. The number of hydrogen-bond acceptors (Lipinski definition) is 4. The zero-order valence-corrected chi connectivity index (χ0v) is 19.0. The standard InChI is InChI=1S/C25H28N4O2S/c1-2-14-29-18-26-16-22(29)17-32(31)23-11-9-21(10-12-23)28-25(30)20-7-5-13-27-24-8-4-3-6-19(24)15-20/h3-4,6,8-12,15-16,18,27H,2,5,7,13-14,17H2,1H3,(H,28,30). The molecule has 1 aliphatic rings. The Labute approximate surface area is 191 Å². The minimum atomic E-state index is -1.17. The molecular formula is C25H28N4O2S. The van der Waals surface area contributed by atoms with Crippen molar-refractivity contribution >= 4 is 34.2 Å². The third-order valence-corrected chi connectivity index (χ3v) is 6.79. The van der Waals surface area contributed by atoms with Crippen molar-refractivity contribution in [1.82, 2.24) is 9.55 Å². The minimum Gasteiger partial charge on any atom is -0.385 e. The number of aryl methyl sites for hydroxylation is 1. The molecule has 1 amide bonds. The second-order valence-electron chi connectivity index (χ2n) is 7.83. The zero-order valence-electron chi connectivity index (χ0n) is 18.2. The van der Waals surface area contributed by atoms with Gasteiger partial charge in [0.1, 0.15) is 0 Å². The van der Waals surface area contributed by atoms with Gasteiger partial charge in [0.25, 0.3) is 5.91 Å². The van der Waals surface area contributed by atoms with E-state index in [0.717, 1.165) is 53.3 Å². The summed E-state index contributed by atoms with van der Waals surface area (Å²) in [4.78, 5) is 17.8. The second-order valence-corrected chi connectivity index (χ2v) is 9.29. The molecule has 32 heavy (non-hydrogen) atoms. The average molecular weight is 449 g/mol. The highest BCUT2D eigenvalue weighted by molar-refractivity contribution is 7.84. The molecule has 2 N–H and O–H groups in total. The first-order chi connectivity index (χ1) is 15.6. The number of hydrogen-bond donors (Lipinski definition) is 2. The van der Waals surface area contributed by atoms with Crippen molar-refractivity contribution in [2.24, 2.45) is 0 Å². The second kappa shape index (κ2) is 10.4. The molecule has 0 aliphatic carbocycles. The van der Waals surface area contributed by atoms with Gasteiger partial charge in [-0.3, -0.25) is 9.00 Å². The van der Waals surface area contributed by atoms with Crippen molar-refractivity contribution in [2.75, 3.05) is 17.2 Å². The number of nitrogens with one attached hydrogen (secondary N) is 2. The predicted molar refractivity (Wildman–Crippen MR) is 130 cm³/mol. The molecule has 166 valence electrons. The number of anilines is 2. The number of benzene rings is 2. The molecular weight excluding hydrogens is 420 g/mol. The summed E-state index contributed by atoms with van der Waals surface area (Å²) in [5.74, 6) is 0.325. The smallest absolute Gasteiger partial charge is 0.251 e. The SMILES string of the molecule is CCCn1cncc1CS(=O)c1ccc(NC(=O)C2=Cc3ccccc3NCCC2)cc1. The Morgan fingerprint density at radius 2 is 2.00 bits per heavy atom. The van der Waals surface area contributed by atoms with E-state index in [9.17, 15) is 9.00 Å². The number of para-hydroxylation sites is 1. The first-order valence-electron chi connectivity index (χ1n) is 11.0. The van der Waals surface area contributed by atoms with Crippen LogP contribution in [0, 0.1) is 0 Å². The van der Waals surface area contributed by atoms with Gasteiger partial charge in [-0.05, 0) is 61.2 Å². The fourth-order valence-electron chi connectivity index (χ4n) is 3.75. The van der Waals surface area contributed by atoms with Crippen molar-refractivity contribution in [3.05, 3.63) is 77.9 Å². The predicted octanol–water partition coefficient (Wildman–Crippen LogP) is 4.83. The fourth-order valence-corrected chi connectivity index (χ4v) is 4.87. The van der Waals surface area contributed by atoms with Gasteiger partial charge >= 0.3 is 0 Å². The van der Waals surface area contributed by atoms with Gasteiger partial charge < -0.3 is 15.2 Å². The summed E-state index contributed by atoms with van der Waals surface area (Å²) in [7, 11) is -1.17. The molecule has 0 saturated carbocycles.